The number of benzene rings is 1. The third-order valence-electron chi connectivity index (χ3n) is 2.01. The van der Waals surface area contributed by atoms with E-state index >= 15 is 0 Å². The van der Waals surface area contributed by atoms with Crippen molar-refractivity contribution in [3.8, 4) is 5.75 Å². The largest absolute Gasteiger partial charge is 0.480 e. The molecule has 1 aromatic carbocycles. The third kappa shape index (κ3) is 3.52. The van der Waals surface area contributed by atoms with E-state index in [1.165, 1.54) is 18.2 Å². The van der Waals surface area contributed by atoms with Gasteiger partial charge in [-0.2, -0.15) is 13.2 Å². The highest BCUT2D eigenvalue weighted by atomic mass is 35.5. The predicted molar refractivity (Wildman–Crippen MR) is 58.6 cm³/mol. The molecular formula is C10H10ClF3N2O. The molecular weight excluding hydrogens is 257 g/mol. The van der Waals surface area contributed by atoms with Gasteiger partial charge in [-0.05, 0) is 25.1 Å². The number of alkyl halides is 3. The first-order valence-corrected chi connectivity index (χ1v) is 4.97. The summed E-state index contributed by atoms with van der Waals surface area (Å²) in [7, 11) is 0. The quantitative estimate of drug-likeness (QED) is 0.653. The molecule has 1 atom stereocenters. The van der Waals surface area contributed by atoms with Crippen molar-refractivity contribution in [1.82, 2.24) is 0 Å². The van der Waals surface area contributed by atoms with E-state index < -0.39 is 12.3 Å². The summed E-state index contributed by atoms with van der Waals surface area (Å²) in [6.07, 6.45) is -6.41. The Morgan fingerprint density at radius 3 is 2.47 bits per heavy atom. The Balaban J connectivity index is 2.90. The number of nitrogens with two attached hydrogens (primary N) is 1. The molecule has 0 saturated carbocycles. The summed E-state index contributed by atoms with van der Waals surface area (Å²) in [5.41, 5.74) is 5.53. The zero-order valence-corrected chi connectivity index (χ0v) is 9.56. The van der Waals surface area contributed by atoms with Crippen molar-refractivity contribution in [2.24, 2.45) is 5.73 Å². The second kappa shape index (κ2) is 4.83. The molecule has 0 fully saturated rings. The van der Waals surface area contributed by atoms with Gasteiger partial charge in [-0.15, -0.1) is 0 Å². The summed E-state index contributed by atoms with van der Waals surface area (Å²) in [5.74, 6) is -0.316. The van der Waals surface area contributed by atoms with E-state index in [0.29, 0.717) is 5.56 Å². The Morgan fingerprint density at radius 1 is 1.47 bits per heavy atom. The summed E-state index contributed by atoms with van der Waals surface area (Å²) < 4.78 is 41.4. The summed E-state index contributed by atoms with van der Waals surface area (Å²) in [6.45, 7) is 0.884. The average molecular weight is 267 g/mol. The second-order valence-electron chi connectivity index (χ2n) is 3.36. The van der Waals surface area contributed by atoms with Gasteiger partial charge in [-0.1, -0.05) is 11.6 Å². The number of hydrogen-bond acceptors (Lipinski definition) is 2. The van der Waals surface area contributed by atoms with Crippen LogP contribution in [0.5, 0.6) is 5.75 Å². The SMILES string of the molecule is CC(Oc1ccc(C(=N)N)cc1Cl)C(F)(F)F. The van der Waals surface area contributed by atoms with E-state index in [-0.39, 0.29) is 16.6 Å². The lowest BCUT2D eigenvalue weighted by Gasteiger charge is -2.18. The van der Waals surface area contributed by atoms with Crippen molar-refractivity contribution in [2.45, 2.75) is 19.2 Å². The number of nitrogen functional groups attached to an aromatic ring is 1. The van der Waals surface area contributed by atoms with Gasteiger partial charge in [0.15, 0.2) is 6.10 Å². The number of nitrogens with one attached hydrogen (secondary N) is 1. The Hall–Kier alpha value is -1.43. The molecule has 0 spiro atoms. The number of rotatable bonds is 3. The van der Waals surface area contributed by atoms with Crippen LogP contribution in [0.2, 0.25) is 5.02 Å². The van der Waals surface area contributed by atoms with Crippen LogP contribution in [0, 0.1) is 5.41 Å². The maximum atomic E-state index is 12.3. The molecule has 1 aromatic rings. The molecule has 3 nitrogen and oxygen atoms in total. The van der Waals surface area contributed by atoms with Crippen LogP contribution in [0.3, 0.4) is 0 Å². The Bertz CT molecular complexity index is 434. The maximum Gasteiger partial charge on any atom is 0.425 e. The summed E-state index contributed by atoms with van der Waals surface area (Å²) in [4.78, 5) is 0. The molecule has 7 heteroatoms. The predicted octanol–water partition coefficient (Wildman–Crippen LogP) is 2.95. The molecule has 0 amide bonds. The Kier molecular flexibility index (Phi) is 3.87. The van der Waals surface area contributed by atoms with Crippen LogP contribution in [0.25, 0.3) is 0 Å². The van der Waals surface area contributed by atoms with Gasteiger partial charge in [0.2, 0.25) is 0 Å². The fourth-order valence-electron chi connectivity index (χ4n) is 1.02. The van der Waals surface area contributed by atoms with Crippen LogP contribution in [-0.2, 0) is 0 Å². The van der Waals surface area contributed by atoms with Gasteiger partial charge in [0.05, 0.1) is 5.02 Å². The number of hydrogen-bond donors (Lipinski definition) is 2. The fraction of sp³-hybridized carbons (Fsp3) is 0.300. The molecule has 0 aliphatic heterocycles. The van der Waals surface area contributed by atoms with Crippen molar-refractivity contribution in [1.29, 1.82) is 5.41 Å². The molecule has 1 unspecified atom stereocenters. The van der Waals surface area contributed by atoms with Crippen molar-refractivity contribution < 1.29 is 17.9 Å². The molecule has 1 rings (SSSR count). The number of halogens is 4. The lowest BCUT2D eigenvalue weighted by Crippen LogP contribution is -2.31. The Morgan fingerprint density at radius 2 is 2.06 bits per heavy atom. The van der Waals surface area contributed by atoms with E-state index in [4.69, 9.17) is 22.7 Å². The van der Waals surface area contributed by atoms with E-state index in [2.05, 4.69) is 4.74 Å². The van der Waals surface area contributed by atoms with Crippen LogP contribution in [0.15, 0.2) is 18.2 Å². The second-order valence-corrected chi connectivity index (χ2v) is 3.77. The Labute approximate surface area is 101 Å². The minimum atomic E-state index is -4.46. The van der Waals surface area contributed by atoms with Gasteiger partial charge < -0.3 is 10.5 Å². The molecule has 0 saturated heterocycles. The topological polar surface area (TPSA) is 59.1 Å². The molecule has 94 valence electrons. The van der Waals surface area contributed by atoms with Crippen LogP contribution in [-0.4, -0.2) is 18.1 Å². The number of amidine groups is 1. The molecule has 0 aromatic heterocycles. The van der Waals surface area contributed by atoms with Gasteiger partial charge in [-0.25, -0.2) is 0 Å². The van der Waals surface area contributed by atoms with Crippen molar-refractivity contribution in [3.63, 3.8) is 0 Å². The first-order valence-electron chi connectivity index (χ1n) is 4.59. The van der Waals surface area contributed by atoms with Gasteiger partial charge in [0, 0.05) is 5.56 Å². The zero-order valence-electron chi connectivity index (χ0n) is 8.81. The smallest absolute Gasteiger partial charge is 0.425 e. The molecule has 0 radical (unpaired) electrons. The highest BCUT2D eigenvalue weighted by Gasteiger charge is 2.38. The standard InChI is InChI=1S/C10H10ClF3N2O/c1-5(10(12,13)14)17-8-3-2-6(9(15)16)4-7(8)11/h2-5H,1H3,(H3,15,16). The first kappa shape index (κ1) is 13.6. The van der Waals surface area contributed by atoms with E-state index in [9.17, 15) is 13.2 Å². The molecule has 3 N–H and O–H groups in total. The molecule has 17 heavy (non-hydrogen) atoms. The van der Waals surface area contributed by atoms with E-state index in [1.807, 2.05) is 0 Å². The lowest BCUT2D eigenvalue weighted by molar-refractivity contribution is -0.189. The van der Waals surface area contributed by atoms with Crippen molar-refractivity contribution in [2.75, 3.05) is 0 Å². The summed E-state index contributed by atoms with van der Waals surface area (Å²) in [5, 5.41) is 7.12. The van der Waals surface area contributed by atoms with Crippen LogP contribution in [0.1, 0.15) is 12.5 Å². The minimum Gasteiger partial charge on any atom is -0.480 e. The lowest BCUT2D eigenvalue weighted by atomic mass is 10.2. The highest BCUT2D eigenvalue weighted by molar-refractivity contribution is 6.32. The zero-order chi connectivity index (χ0) is 13.2. The van der Waals surface area contributed by atoms with Crippen LogP contribution < -0.4 is 10.5 Å². The third-order valence-corrected chi connectivity index (χ3v) is 2.30. The molecule has 0 aliphatic rings. The van der Waals surface area contributed by atoms with Gasteiger partial charge in [0.25, 0.3) is 0 Å². The highest BCUT2D eigenvalue weighted by Crippen LogP contribution is 2.30. The monoisotopic (exact) mass is 266 g/mol. The molecule has 0 bridgehead atoms. The van der Waals surface area contributed by atoms with Crippen LogP contribution >= 0.6 is 11.6 Å². The molecule has 0 heterocycles. The first-order chi connectivity index (χ1) is 7.71. The maximum absolute atomic E-state index is 12.3. The van der Waals surface area contributed by atoms with Gasteiger partial charge in [-0.3, -0.25) is 5.41 Å². The van der Waals surface area contributed by atoms with Gasteiger partial charge >= 0.3 is 6.18 Å². The summed E-state index contributed by atoms with van der Waals surface area (Å²) >= 11 is 5.72. The van der Waals surface area contributed by atoms with E-state index in [1.54, 1.807) is 0 Å². The minimum absolute atomic E-state index is 0.0196. The van der Waals surface area contributed by atoms with Crippen molar-refractivity contribution in [3.05, 3.63) is 28.8 Å². The summed E-state index contributed by atoms with van der Waals surface area (Å²) in [6, 6.07) is 3.90. The normalized spacial score (nSPS) is 13.2. The fourth-order valence-corrected chi connectivity index (χ4v) is 1.25. The average Bonchev–Trinajstić information content (AvgIpc) is 2.19. The molecule has 0 aliphatic carbocycles. The van der Waals surface area contributed by atoms with Gasteiger partial charge in [0.1, 0.15) is 11.6 Å². The van der Waals surface area contributed by atoms with Crippen LogP contribution in [0.4, 0.5) is 13.2 Å². The van der Waals surface area contributed by atoms with E-state index in [0.717, 1.165) is 6.92 Å². The van der Waals surface area contributed by atoms with Crippen molar-refractivity contribution >= 4 is 17.4 Å². The number of ether oxygens (including phenoxy) is 1.